The number of hydrogen-bond acceptors (Lipinski definition) is 34. The minimum absolute atomic E-state index is 0.120. The van der Waals surface area contributed by atoms with Crippen molar-refractivity contribution < 1.29 is 99.8 Å². The van der Waals surface area contributed by atoms with Crippen LogP contribution in [-0.4, -0.2) is 111 Å². The van der Waals surface area contributed by atoms with Gasteiger partial charge in [-0.25, -0.2) is 18.9 Å². The van der Waals surface area contributed by atoms with Crippen LogP contribution in [0.15, 0.2) is 170 Å². The number of aromatic hydroxyl groups is 2. The van der Waals surface area contributed by atoms with Crippen molar-refractivity contribution in [3.05, 3.63) is 126 Å². The van der Waals surface area contributed by atoms with Gasteiger partial charge in [0, 0.05) is 27.6 Å². The zero-order valence-corrected chi connectivity index (χ0v) is 51.2. The Kier molecular flexibility index (Phi) is 19.6. The minimum Gasteiger partial charge on any atom is -0.505 e. The molecule has 91 heavy (non-hydrogen) atoms. The van der Waals surface area contributed by atoms with Crippen LogP contribution in [0, 0.1) is 0 Å². The van der Waals surface area contributed by atoms with Gasteiger partial charge in [-0.2, -0.15) is 63.6 Å². The summed E-state index contributed by atoms with van der Waals surface area (Å²) in [5.41, 5.74) is -3.30. The Morgan fingerprint density at radius 1 is 0.473 bits per heavy atom. The maximum absolute atomic E-state index is 12.8. The number of rotatable bonds is 24. The van der Waals surface area contributed by atoms with Gasteiger partial charge in [0.05, 0.1) is 59.9 Å². The molecule has 36 nitrogen and oxygen atoms in total. The number of anilines is 8. The van der Waals surface area contributed by atoms with Gasteiger partial charge < -0.3 is 31.5 Å². The molecule has 0 aliphatic rings. The van der Waals surface area contributed by atoms with Gasteiger partial charge in [0.2, 0.25) is 34.4 Å². The first-order valence-electron chi connectivity index (χ1n) is 23.7. The summed E-state index contributed by atoms with van der Waals surface area (Å²) < 4.78 is 175. The molecule has 0 fully saturated rings. The van der Waals surface area contributed by atoms with Crippen LogP contribution in [0.4, 0.5) is 69.3 Å². The molecule has 0 radical (unpaired) electrons. The molecule has 45 heteroatoms. The molecular weight excluding hydrogens is 1400 g/mol. The molecule has 0 spiro atoms. The van der Waals surface area contributed by atoms with Gasteiger partial charge >= 0.3 is 0 Å². The number of aromatic nitrogens is 6. The summed E-state index contributed by atoms with van der Waals surface area (Å²) in [7, 11) is -24.2. The zero-order valence-electron chi connectivity index (χ0n) is 44.0. The standard InChI is InChI=1S/C46H32Cl2N14O22S7/c1-2-87(67,68)24-7-5-6-22(16-24)49-43-53-41(47)55-45(57-43)51-30-19-26(89(72,73)74)13-21-15-32(86-84-82-66)38(40(64)36(21)30)62-60-28-17-23(10-11-34(28)91(78,79)80)50-44-54-42(48)56-46(58-44)52-29-18-25(88(69,70)71)12-20-14-31(85-83-81-65)37(39(63)35(20)29)61-59-27-8-3-4-9-33(27)90(75,76)77/h2-19,63-66H,1H2,(H,69,70,71)(H,72,73,74)(H,75,76,77)(H,78,79,80)(H2,49,51,53,55,57)(H2,50,52,54,56,58). The monoisotopic (exact) mass is 1430 g/mol. The van der Waals surface area contributed by atoms with E-state index in [0.29, 0.717) is 0 Å². The summed E-state index contributed by atoms with van der Waals surface area (Å²) in [6, 6.07) is 18.3. The zero-order chi connectivity index (χ0) is 66.0. The molecule has 474 valence electrons. The van der Waals surface area contributed by atoms with Crippen molar-refractivity contribution in [3.63, 3.8) is 0 Å². The average molecular weight is 1430 g/mol. The number of nitrogens with zero attached hydrogens (tertiary/aromatic N) is 10. The number of phenols is 2. The van der Waals surface area contributed by atoms with Crippen LogP contribution < -0.4 is 21.3 Å². The van der Waals surface area contributed by atoms with E-state index in [0.717, 1.165) is 72.1 Å². The minimum atomic E-state index is -5.22. The van der Waals surface area contributed by atoms with Crippen LogP contribution in [0.25, 0.3) is 21.5 Å². The molecule has 7 aromatic carbocycles. The lowest BCUT2D eigenvalue weighted by molar-refractivity contribution is -0.432. The van der Waals surface area contributed by atoms with Crippen molar-refractivity contribution in [2.45, 2.75) is 34.3 Å². The molecular formula is C46H32Cl2N14O22S7. The maximum Gasteiger partial charge on any atom is 0.296 e. The van der Waals surface area contributed by atoms with E-state index >= 15 is 0 Å². The van der Waals surface area contributed by atoms with E-state index in [4.69, 9.17) is 33.7 Å². The van der Waals surface area contributed by atoms with Gasteiger partial charge in [-0.1, -0.05) is 34.9 Å². The molecule has 0 bridgehead atoms. The SMILES string of the molecule is C=CS(=O)(=O)c1cccc(Nc2nc(Cl)nc(Nc3cc(S(=O)(=O)O)cc4cc(SOOO)c(N=Nc5cc(Nc6nc(Cl)nc(Nc7cc(S(=O)(=O)O)cc8cc(SOOO)c(N=Nc9ccccc9S(=O)(=O)O)c(O)c78)n6)ccc5S(=O)(=O)O)c(O)c34)n2)c1. The Balaban J connectivity index is 1.10. The lowest BCUT2D eigenvalue weighted by atomic mass is 10.1. The highest BCUT2D eigenvalue weighted by atomic mass is 35.5. The number of benzene rings is 7. The molecule has 0 saturated carbocycles. The predicted molar refractivity (Wildman–Crippen MR) is 320 cm³/mol. The second kappa shape index (κ2) is 26.7. The number of hydrogen-bond donors (Lipinski definition) is 12. The van der Waals surface area contributed by atoms with Crippen molar-refractivity contribution in [1.82, 2.24) is 29.9 Å². The smallest absolute Gasteiger partial charge is 0.296 e. The van der Waals surface area contributed by atoms with E-state index in [1.54, 1.807) is 0 Å². The summed E-state index contributed by atoms with van der Waals surface area (Å²) in [6.45, 7) is 3.30. The molecule has 9 aromatic rings. The fourth-order valence-corrected chi connectivity index (χ4v) is 12.3. The molecule has 0 amide bonds. The Hall–Kier alpha value is -8.55. The highest BCUT2D eigenvalue weighted by molar-refractivity contribution is 7.95. The first-order valence-corrected chi connectivity index (χ1v) is 33.2. The summed E-state index contributed by atoms with van der Waals surface area (Å²) in [4.78, 5) is 20.2. The molecule has 2 aromatic heterocycles. The molecule has 0 aliphatic carbocycles. The van der Waals surface area contributed by atoms with Gasteiger partial charge in [0.1, 0.15) is 32.5 Å². The molecule has 2 heterocycles. The van der Waals surface area contributed by atoms with Crippen molar-refractivity contribution in [2.24, 2.45) is 20.5 Å². The van der Waals surface area contributed by atoms with E-state index in [9.17, 15) is 70.5 Å². The van der Waals surface area contributed by atoms with Gasteiger partial charge in [0.25, 0.3) is 40.5 Å². The first-order chi connectivity index (χ1) is 42.8. The van der Waals surface area contributed by atoms with Crippen LogP contribution in [0.3, 0.4) is 0 Å². The fourth-order valence-electron chi connectivity index (χ4n) is 7.97. The van der Waals surface area contributed by atoms with Crippen LogP contribution >= 0.6 is 47.3 Å². The number of nitrogens with one attached hydrogen (secondary N) is 4. The number of phenolic OH excluding ortho intramolecular Hbond substituents is 2. The molecule has 0 unspecified atom stereocenters. The number of halogens is 2. The third-order valence-electron chi connectivity index (χ3n) is 11.7. The van der Waals surface area contributed by atoms with Gasteiger partial charge in [0.15, 0.2) is 21.3 Å². The lowest BCUT2D eigenvalue weighted by Gasteiger charge is -2.15. The van der Waals surface area contributed by atoms with E-state index in [-0.39, 0.29) is 77.6 Å². The molecule has 0 atom stereocenters. The average Bonchev–Trinajstić information content (AvgIpc) is 0.768. The van der Waals surface area contributed by atoms with Crippen LogP contribution in [0.1, 0.15) is 0 Å². The molecule has 0 aliphatic heterocycles. The van der Waals surface area contributed by atoms with E-state index in [2.05, 4.69) is 97.0 Å². The van der Waals surface area contributed by atoms with Crippen LogP contribution in [0.2, 0.25) is 10.6 Å². The second-order valence-electron chi connectivity index (χ2n) is 17.4. The highest BCUT2D eigenvalue weighted by Gasteiger charge is 2.27. The van der Waals surface area contributed by atoms with E-state index < -0.39 is 144 Å². The Bertz CT molecular complexity index is 5130. The fraction of sp³-hybridized carbons (Fsp3) is 0. The van der Waals surface area contributed by atoms with Crippen LogP contribution in [0.5, 0.6) is 11.5 Å². The van der Waals surface area contributed by atoms with Crippen molar-refractivity contribution in [2.75, 3.05) is 21.3 Å². The summed E-state index contributed by atoms with van der Waals surface area (Å²) in [5.74, 6) is -3.66. The van der Waals surface area contributed by atoms with Gasteiger partial charge in [-0.15, -0.1) is 29.1 Å². The topological polar surface area (TPSA) is 544 Å². The Morgan fingerprint density at radius 2 is 0.912 bits per heavy atom. The lowest BCUT2D eigenvalue weighted by Crippen LogP contribution is -2.06. The second-order valence-corrected chi connectivity index (χ2v) is 27.1. The van der Waals surface area contributed by atoms with Gasteiger partial charge in [-0.3, -0.25) is 18.2 Å². The number of sulfone groups is 1. The van der Waals surface area contributed by atoms with E-state index in [1.807, 2.05) is 0 Å². The first kappa shape index (κ1) is 66.9. The summed E-state index contributed by atoms with van der Waals surface area (Å²) >= 11 is 12.8. The third kappa shape index (κ3) is 15.8. The quantitative estimate of drug-likeness (QED) is 0.00879. The normalized spacial score (nSPS) is 12.5. The number of fused-ring (bicyclic) bond motifs is 2. The maximum atomic E-state index is 12.8. The summed E-state index contributed by atoms with van der Waals surface area (Å²) in [5, 5.41) is 74.2. The van der Waals surface area contributed by atoms with E-state index in [1.165, 1.54) is 36.4 Å². The highest BCUT2D eigenvalue weighted by Crippen LogP contribution is 2.50. The largest absolute Gasteiger partial charge is 0.505 e. The van der Waals surface area contributed by atoms with Gasteiger partial charge in [-0.05, 0) is 119 Å². The molecule has 0 saturated heterocycles. The molecule has 12 N–H and O–H groups in total. The Labute approximate surface area is 527 Å². The summed E-state index contributed by atoms with van der Waals surface area (Å²) in [6.07, 6.45) is 0. The van der Waals surface area contributed by atoms with Crippen molar-refractivity contribution >= 4 is 188 Å². The number of azo groups is 2. The van der Waals surface area contributed by atoms with Crippen LogP contribution in [-0.2, 0) is 69.1 Å². The van der Waals surface area contributed by atoms with Crippen molar-refractivity contribution in [1.29, 1.82) is 0 Å². The third-order valence-corrected chi connectivity index (χ3v) is 18.0. The molecule has 9 rings (SSSR count). The predicted octanol–water partition coefficient (Wildman–Crippen LogP) is 10.6. The Morgan fingerprint density at radius 3 is 1.36 bits per heavy atom. The van der Waals surface area contributed by atoms with Crippen molar-refractivity contribution in [3.8, 4) is 11.5 Å².